The number of aromatic nitrogens is 5. The number of benzene rings is 1. The van der Waals surface area contributed by atoms with E-state index in [1.807, 2.05) is 0 Å². The monoisotopic (exact) mass is 811 g/mol. The number of alkyl halides is 3. The minimum absolute atomic E-state index is 0.0167. The van der Waals surface area contributed by atoms with Gasteiger partial charge in [0.2, 0.25) is 5.91 Å². The summed E-state index contributed by atoms with van der Waals surface area (Å²) in [6, 6.07) is 7.16. The number of nitrogens with one attached hydrogen (secondary N) is 2. The second-order valence-electron chi connectivity index (χ2n) is 14.9. The Hall–Kier alpha value is -5.53. The molecular formula is C37H41ClF3N11O5. The quantitative estimate of drug-likeness (QED) is 0.198. The van der Waals surface area contributed by atoms with Crippen LogP contribution in [0.1, 0.15) is 39.5 Å². The number of carboxylic acids is 1. The maximum atomic E-state index is 14.1. The molecule has 7 rings (SSSR count). The summed E-state index contributed by atoms with van der Waals surface area (Å²) in [6.45, 7) is 4.94. The number of piperazine rings is 1. The molecular weight excluding hydrogens is 771 g/mol. The van der Waals surface area contributed by atoms with Crippen molar-refractivity contribution in [2.24, 2.45) is 18.9 Å². The number of carbonyl (C=O) groups is 4. The van der Waals surface area contributed by atoms with E-state index in [4.69, 9.17) is 17.3 Å². The van der Waals surface area contributed by atoms with Crippen LogP contribution in [0.25, 0.3) is 16.9 Å². The number of nitrogens with zero attached hydrogens (tertiary/aromatic N) is 8. The van der Waals surface area contributed by atoms with E-state index in [0.717, 1.165) is 30.5 Å². The fourth-order valence-corrected chi connectivity index (χ4v) is 8.19. The third-order valence-electron chi connectivity index (χ3n) is 11.0. The molecule has 57 heavy (non-hydrogen) atoms. The molecule has 3 aromatic heterocycles. The van der Waals surface area contributed by atoms with Crippen molar-refractivity contribution >= 4 is 46.8 Å². The number of amides is 3. The van der Waals surface area contributed by atoms with Gasteiger partial charge >= 0.3 is 6.18 Å². The van der Waals surface area contributed by atoms with Gasteiger partial charge in [0.15, 0.2) is 11.5 Å². The molecule has 4 N–H and O–H groups in total. The molecule has 6 heterocycles. The second kappa shape index (κ2) is 15.8. The second-order valence-corrected chi connectivity index (χ2v) is 15.3. The molecule has 4 aromatic rings. The zero-order valence-corrected chi connectivity index (χ0v) is 31.7. The fraction of sp³-hybridized carbons (Fsp3) is 0.432. The minimum atomic E-state index is -4.83. The van der Waals surface area contributed by atoms with Crippen LogP contribution in [-0.2, 0) is 22.8 Å². The van der Waals surface area contributed by atoms with Gasteiger partial charge in [0.05, 0.1) is 59.3 Å². The van der Waals surface area contributed by atoms with Crippen molar-refractivity contribution in [3.63, 3.8) is 0 Å². The summed E-state index contributed by atoms with van der Waals surface area (Å²) >= 11 is 6.53. The number of imidazole rings is 1. The smallest absolute Gasteiger partial charge is 0.435 e. The van der Waals surface area contributed by atoms with Crippen LogP contribution >= 0.6 is 11.6 Å². The van der Waals surface area contributed by atoms with Crippen LogP contribution in [0.15, 0.2) is 48.9 Å². The summed E-state index contributed by atoms with van der Waals surface area (Å²) in [6.07, 6.45) is 0.0171. The van der Waals surface area contributed by atoms with Crippen molar-refractivity contribution in [2.75, 3.05) is 76.5 Å². The van der Waals surface area contributed by atoms with Crippen molar-refractivity contribution in [3.05, 3.63) is 71.0 Å². The summed E-state index contributed by atoms with van der Waals surface area (Å²) in [5.74, 6) is -2.02. The van der Waals surface area contributed by atoms with Crippen LogP contribution in [0.4, 0.5) is 24.7 Å². The normalized spacial score (nSPS) is 20.3. The van der Waals surface area contributed by atoms with E-state index in [1.165, 1.54) is 54.3 Å². The zero-order valence-electron chi connectivity index (χ0n) is 31.0. The predicted molar refractivity (Wildman–Crippen MR) is 199 cm³/mol. The molecule has 0 radical (unpaired) electrons. The Bertz CT molecular complexity index is 2190. The lowest BCUT2D eigenvalue weighted by atomic mass is 9.90. The number of carbonyl (C=O) groups excluding carboxylic acids is 4. The number of carboxylic acid groups (broad SMARTS) is 1. The minimum Gasteiger partial charge on any atom is -0.544 e. The van der Waals surface area contributed by atoms with Gasteiger partial charge in [-0.25, -0.2) is 14.6 Å². The van der Waals surface area contributed by atoms with E-state index in [1.54, 1.807) is 9.80 Å². The molecule has 0 unspecified atom stereocenters. The molecule has 3 amide bonds. The van der Waals surface area contributed by atoms with Gasteiger partial charge in [-0.3, -0.25) is 14.4 Å². The molecule has 3 aliphatic heterocycles. The maximum Gasteiger partial charge on any atom is 0.435 e. The van der Waals surface area contributed by atoms with Crippen molar-refractivity contribution < 1.29 is 41.9 Å². The molecule has 0 atom stereocenters. The van der Waals surface area contributed by atoms with Crippen LogP contribution in [0, 0.1) is 11.8 Å². The van der Waals surface area contributed by atoms with Gasteiger partial charge in [-0.05, 0) is 24.3 Å². The SMILES string of the molecule is Cn1c(-c2cn(-c3ccnc(N)c3)nc2C(F)(F)F)cnc1C(=O)Nc1ccc(C(=O)N2CCN(C(=O)C3CC[N+](CC(=O)[O-])(CC4CNC4)CC3)CC2)c(Cl)c1. The number of hydrogen-bond donors (Lipinski definition) is 3. The Labute approximate surface area is 330 Å². The molecule has 3 fully saturated rings. The van der Waals surface area contributed by atoms with Crippen LogP contribution < -0.4 is 21.5 Å². The van der Waals surface area contributed by atoms with Gasteiger partial charge in [0.1, 0.15) is 12.4 Å². The molecule has 0 saturated carbocycles. The lowest BCUT2D eigenvalue weighted by Gasteiger charge is -2.47. The first kappa shape index (κ1) is 39.7. The molecule has 16 nitrogen and oxygen atoms in total. The topological polar surface area (TPSA) is 196 Å². The number of halogens is 4. The van der Waals surface area contributed by atoms with Crippen molar-refractivity contribution in [2.45, 2.75) is 19.0 Å². The molecule has 0 spiro atoms. The third-order valence-corrected chi connectivity index (χ3v) is 11.4. The number of piperidine rings is 1. The summed E-state index contributed by atoms with van der Waals surface area (Å²) in [5.41, 5.74) is 4.85. The number of likely N-dealkylation sites (tertiary alicyclic amines) is 1. The number of hydrogen-bond acceptors (Lipinski definition) is 10. The molecule has 20 heteroatoms. The van der Waals surface area contributed by atoms with E-state index >= 15 is 0 Å². The number of rotatable bonds is 10. The first-order valence-corrected chi connectivity index (χ1v) is 18.8. The van der Waals surface area contributed by atoms with Gasteiger partial charge in [-0.2, -0.15) is 18.3 Å². The fourth-order valence-electron chi connectivity index (χ4n) is 7.93. The first-order valence-electron chi connectivity index (χ1n) is 18.5. The summed E-state index contributed by atoms with van der Waals surface area (Å²) in [7, 11) is 1.40. The number of quaternary nitrogens is 1. The zero-order chi connectivity index (χ0) is 40.6. The molecule has 3 aliphatic rings. The predicted octanol–water partition coefficient (Wildman–Crippen LogP) is 1.66. The number of nitrogens with two attached hydrogens (primary N) is 1. The standard InChI is InChI=1S/C37H41ClF3N11O5/c1-48-29(27-19-51(47-32(27)37(39,40)41)25-4-7-44-30(42)15-25)18-45-33(48)34(55)46-24-2-3-26(28(38)14-24)36(57)50-10-8-49(9-11-50)35(56)23-5-12-52(13-6-23,21-31(53)54)20-22-16-43-17-22/h2-4,7,14-15,18-19,22-23,43H,5-6,8-13,16-17,20-21H2,1H3,(H3-,42,44,46,53,54,55,57). The van der Waals surface area contributed by atoms with E-state index < -0.39 is 23.7 Å². The Morgan fingerprint density at radius 2 is 1.74 bits per heavy atom. The first-order chi connectivity index (χ1) is 27.1. The van der Waals surface area contributed by atoms with Crippen LogP contribution in [0.5, 0.6) is 0 Å². The van der Waals surface area contributed by atoms with E-state index in [0.29, 0.717) is 62.5 Å². The molecule has 0 aliphatic carbocycles. The lowest BCUT2D eigenvalue weighted by Crippen LogP contribution is -2.63. The Morgan fingerprint density at radius 1 is 1.04 bits per heavy atom. The van der Waals surface area contributed by atoms with Gasteiger partial charge in [0, 0.05) is 95.1 Å². The molecule has 0 bridgehead atoms. The Balaban J connectivity index is 0.956. The molecule has 1 aromatic carbocycles. The van der Waals surface area contributed by atoms with Gasteiger partial charge in [-0.1, -0.05) is 11.6 Å². The lowest BCUT2D eigenvalue weighted by molar-refractivity contribution is -0.931. The van der Waals surface area contributed by atoms with Crippen molar-refractivity contribution in [1.82, 2.24) is 39.4 Å². The van der Waals surface area contributed by atoms with Crippen LogP contribution in [-0.4, -0.2) is 128 Å². The van der Waals surface area contributed by atoms with Crippen molar-refractivity contribution in [1.29, 1.82) is 0 Å². The average Bonchev–Trinajstić information content (AvgIpc) is 3.77. The number of aliphatic carboxylic acids is 1. The van der Waals surface area contributed by atoms with Crippen molar-refractivity contribution in [3.8, 4) is 16.9 Å². The summed E-state index contributed by atoms with van der Waals surface area (Å²) < 4.78 is 44.9. The summed E-state index contributed by atoms with van der Waals surface area (Å²) in [4.78, 5) is 63.1. The maximum absolute atomic E-state index is 14.1. The highest BCUT2D eigenvalue weighted by atomic mass is 35.5. The largest absolute Gasteiger partial charge is 0.544 e. The number of nitrogen functional groups attached to an aromatic ring is 1. The average molecular weight is 812 g/mol. The van der Waals surface area contributed by atoms with Crippen LogP contribution in [0.2, 0.25) is 5.02 Å². The van der Waals surface area contributed by atoms with Gasteiger partial charge in [0.25, 0.3) is 11.8 Å². The molecule has 3 saturated heterocycles. The van der Waals surface area contributed by atoms with E-state index in [2.05, 4.69) is 25.7 Å². The Kier molecular flexibility index (Phi) is 11.0. The van der Waals surface area contributed by atoms with Gasteiger partial charge < -0.3 is 45.1 Å². The summed E-state index contributed by atoms with van der Waals surface area (Å²) in [5, 5.41) is 21.2. The third kappa shape index (κ3) is 8.45. The van der Waals surface area contributed by atoms with E-state index in [9.17, 15) is 37.5 Å². The van der Waals surface area contributed by atoms with Crippen LogP contribution in [0.3, 0.4) is 0 Å². The highest BCUT2D eigenvalue weighted by molar-refractivity contribution is 6.34. The highest BCUT2D eigenvalue weighted by Gasteiger charge is 2.42. The number of anilines is 2. The van der Waals surface area contributed by atoms with E-state index in [-0.39, 0.29) is 69.1 Å². The Morgan fingerprint density at radius 3 is 2.35 bits per heavy atom. The number of pyridine rings is 1. The highest BCUT2D eigenvalue weighted by Crippen LogP contribution is 2.37. The molecule has 302 valence electrons. The van der Waals surface area contributed by atoms with Gasteiger partial charge in [-0.15, -0.1) is 0 Å².